The van der Waals surface area contributed by atoms with Crippen LogP contribution in [0.5, 0.6) is 0 Å². The third kappa shape index (κ3) is 41.1. The number of hydrogen-bond donors (Lipinski definition) is 3. The van der Waals surface area contributed by atoms with Gasteiger partial charge < -0.3 is 15.5 Å². The van der Waals surface area contributed by atoms with Crippen molar-refractivity contribution in [3.05, 3.63) is 60.8 Å². The highest BCUT2D eigenvalue weighted by Gasteiger charge is 2.17. The Hall–Kier alpha value is -1.91. The molecule has 3 N–H and O–H groups in total. The normalized spacial score (nSPS) is 13.5. The first-order chi connectivity index (χ1) is 26.2. The zero-order valence-corrected chi connectivity index (χ0v) is 35.3. The summed E-state index contributed by atoms with van der Waals surface area (Å²) < 4.78 is 0. The third-order valence-electron chi connectivity index (χ3n) is 10.2. The van der Waals surface area contributed by atoms with Gasteiger partial charge in [-0.2, -0.15) is 0 Å². The number of hydrogen-bond acceptors (Lipinski definition) is 3. The quantitative estimate of drug-likeness (QED) is 0.0432. The SMILES string of the molecule is CCCC/C=C/CC/C=C/CC/C=C/C(O)C(CO)NC(=O)CCCCCCCCCCCCCCCCCCC/C=C\C/C=C\CCCCCCC. The lowest BCUT2D eigenvalue weighted by atomic mass is 10.0. The maximum absolute atomic E-state index is 12.4. The van der Waals surface area contributed by atoms with E-state index < -0.39 is 12.1 Å². The molecular formula is C49H89NO3. The average molecular weight is 740 g/mol. The zero-order valence-electron chi connectivity index (χ0n) is 35.3. The van der Waals surface area contributed by atoms with E-state index in [1.807, 2.05) is 6.08 Å². The van der Waals surface area contributed by atoms with E-state index in [-0.39, 0.29) is 12.5 Å². The van der Waals surface area contributed by atoms with Gasteiger partial charge in [-0.05, 0) is 70.6 Å². The second-order valence-electron chi connectivity index (χ2n) is 15.4. The molecule has 0 aliphatic heterocycles. The van der Waals surface area contributed by atoms with Crippen LogP contribution in [0, 0.1) is 0 Å². The molecule has 308 valence electrons. The van der Waals surface area contributed by atoms with Crippen molar-refractivity contribution in [1.29, 1.82) is 0 Å². The molecule has 0 aromatic carbocycles. The van der Waals surface area contributed by atoms with Gasteiger partial charge >= 0.3 is 0 Å². The molecule has 0 aromatic heterocycles. The van der Waals surface area contributed by atoms with Crippen molar-refractivity contribution >= 4 is 5.91 Å². The van der Waals surface area contributed by atoms with Gasteiger partial charge in [0.1, 0.15) is 0 Å². The molecule has 2 unspecified atom stereocenters. The second-order valence-corrected chi connectivity index (χ2v) is 15.4. The number of carbonyl (C=O) groups excluding carboxylic acids is 1. The van der Waals surface area contributed by atoms with Crippen molar-refractivity contribution in [2.45, 2.75) is 238 Å². The smallest absolute Gasteiger partial charge is 0.220 e. The van der Waals surface area contributed by atoms with Gasteiger partial charge in [-0.3, -0.25) is 4.79 Å². The van der Waals surface area contributed by atoms with Gasteiger partial charge in [0.2, 0.25) is 5.91 Å². The van der Waals surface area contributed by atoms with Crippen LogP contribution in [0.1, 0.15) is 226 Å². The van der Waals surface area contributed by atoms with E-state index in [9.17, 15) is 15.0 Å². The molecular weight excluding hydrogens is 651 g/mol. The van der Waals surface area contributed by atoms with Crippen LogP contribution < -0.4 is 5.32 Å². The van der Waals surface area contributed by atoms with E-state index >= 15 is 0 Å². The lowest BCUT2D eigenvalue weighted by Crippen LogP contribution is -2.45. The number of nitrogens with one attached hydrogen (secondary N) is 1. The Morgan fingerprint density at radius 3 is 1.26 bits per heavy atom. The maximum atomic E-state index is 12.4. The predicted octanol–water partition coefficient (Wildman–Crippen LogP) is 14.5. The zero-order chi connectivity index (χ0) is 38.6. The van der Waals surface area contributed by atoms with Crippen LogP contribution >= 0.6 is 0 Å². The lowest BCUT2D eigenvalue weighted by molar-refractivity contribution is -0.123. The number of amides is 1. The fourth-order valence-electron chi connectivity index (χ4n) is 6.64. The Morgan fingerprint density at radius 2 is 0.811 bits per heavy atom. The van der Waals surface area contributed by atoms with E-state index in [2.05, 4.69) is 67.8 Å². The number of allylic oxidation sites excluding steroid dienone is 9. The molecule has 4 nitrogen and oxygen atoms in total. The number of aliphatic hydroxyl groups excluding tert-OH is 2. The van der Waals surface area contributed by atoms with Crippen LogP contribution in [-0.2, 0) is 4.79 Å². The van der Waals surface area contributed by atoms with Crippen molar-refractivity contribution in [3.8, 4) is 0 Å². The van der Waals surface area contributed by atoms with Gasteiger partial charge in [0.25, 0.3) is 0 Å². The molecule has 0 saturated heterocycles. The number of rotatable bonds is 41. The molecule has 1 amide bonds. The lowest BCUT2D eigenvalue weighted by Gasteiger charge is -2.19. The molecule has 4 heteroatoms. The topological polar surface area (TPSA) is 69.6 Å². The van der Waals surface area contributed by atoms with E-state index in [0.29, 0.717) is 6.42 Å². The van der Waals surface area contributed by atoms with Crippen molar-refractivity contribution in [2.75, 3.05) is 6.61 Å². The van der Waals surface area contributed by atoms with Crippen LogP contribution in [0.15, 0.2) is 60.8 Å². The molecule has 0 aliphatic carbocycles. The number of aliphatic hydroxyl groups is 2. The standard InChI is InChI=1S/C49H89NO3/c1-3-5-7-9-11-13-15-17-18-19-20-21-22-23-24-25-26-27-28-29-30-31-32-33-35-37-39-41-43-45-49(53)50-47(46-51)48(52)44-42-40-38-36-34-16-14-12-10-8-6-4-2/h10,12,15,17,19-20,34,36,42,44,47-48,51-52H,3-9,11,13-14,16,18,21-33,35,37-41,43,45-46H2,1-2H3,(H,50,53)/b12-10+,17-15-,20-19-,36-34+,44-42+. The highest BCUT2D eigenvalue weighted by molar-refractivity contribution is 5.76. The summed E-state index contributed by atoms with van der Waals surface area (Å²) in [5.41, 5.74) is 0. The van der Waals surface area contributed by atoms with E-state index in [0.717, 1.165) is 44.9 Å². The first-order valence-corrected chi connectivity index (χ1v) is 23.0. The van der Waals surface area contributed by atoms with Gasteiger partial charge in [-0.15, -0.1) is 0 Å². The summed E-state index contributed by atoms with van der Waals surface area (Å²) in [7, 11) is 0. The first kappa shape index (κ1) is 51.1. The van der Waals surface area contributed by atoms with E-state index in [1.54, 1.807) is 6.08 Å². The Kier molecular flexibility index (Phi) is 42.9. The average Bonchev–Trinajstić information content (AvgIpc) is 3.16. The van der Waals surface area contributed by atoms with Gasteiger partial charge in [0, 0.05) is 6.42 Å². The fourth-order valence-corrected chi connectivity index (χ4v) is 6.64. The van der Waals surface area contributed by atoms with Crippen LogP contribution in [0.25, 0.3) is 0 Å². The summed E-state index contributed by atoms with van der Waals surface area (Å²) in [5, 5.41) is 22.9. The minimum Gasteiger partial charge on any atom is -0.394 e. The fraction of sp³-hybridized carbons (Fsp3) is 0.776. The van der Waals surface area contributed by atoms with Crippen LogP contribution in [-0.4, -0.2) is 34.9 Å². The van der Waals surface area contributed by atoms with Crippen LogP contribution in [0.2, 0.25) is 0 Å². The molecule has 0 aromatic rings. The molecule has 53 heavy (non-hydrogen) atoms. The largest absolute Gasteiger partial charge is 0.394 e. The summed E-state index contributed by atoms with van der Waals surface area (Å²) in [4.78, 5) is 12.4. The molecule has 0 bridgehead atoms. The number of carbonyl (C=O) groups is 1. The van der Waals surface area contributed by atoms with Crippen molar-refractivity contribution in [2.24, 2.45) is 0 Å². The molecule has 0 rings (SSSR count). The summed E-state index contributed by atoms with van der Waals surface area (Å²) in [6, 6.07) is -0.644. The highest BCUT2D eigenvalue weighted by Crippen LogP contribution is 2.15. The Bertz CT molecular complexity index is 888. The summed E-state index contributed by atoms with van der Waals surface area (Å²) >= 11 is 0. The summed E-state index contributed by atoms with van der Waals surface area (Å²) in [6.07, 6.45) is 62.0. The van der Waals surface area contributed by atoms with Gasteiger partial charge in [-0.1, -0.05) is 209 Å². The monoisotopic (exact) mass is 740 g/mol. The third-order valence-corrected chi connectivity index (χ3v) is 10.2. The van der Waals surface area contributed by atoms with Crippen molar-refractivity contribution < 1.29 is 15.0 Å². The van der Waals surface area contributed by atoms with Crippen molar-refractivity contribution in [1.82, 2.24) is 5.32 Å². The minimum atomic E-state index is -0.869. The van der Waals surface area contributed by atoms with E-state index in [1.165, 1.54) is 161 Å². The van der Waals surface area contributed by atoms with Crippen LogP contribution in [0.3, 0.4) is 0 Å². The highest BCUT2D eigenvalue weighted by atomic mass is 16.3. The molecule has 0 radical (unpaired) electrons. The Balaban J connectivity index is 3.51. The minimum absolute atomic E-state index is 0.0796. The molecule has 0 aliphatic rings. The molecule has 0 heterocycles. The predicted molar refractivity (Wildman–Crippen MR) is 234 cm³/mol. The van der Waals surface area contributed by atoms with Crippen molar-refractivity contribution in [3.63, 3.8) is 0 Å². The van der Waals surface area contributed by atoms with E-state index in [4.69, 9.17) is 0 Å². The number of unbranched alkanes of at least 4 members (excludes halogenated alkanes) is 26. The molecule has 0 saturated carbocycles. The molecule has 0 spiro atoms. The summed E-state index contributed by atoms with van der Waals surface area (Å²) in [5.74, 6) is -0.0796. The van der Waals surface area contributed by atoms with Crippen LogP contribution in [0.4, 0.5) is 0 Å². The molecule has 2 atom stereocenters. The van der Waals surface area contributed by atoms with Gasteiger partial charge in [0.15, 0.2) is 0 Å². The molecule has 0 fully saturated rings. The summed E-state index contributed by atoms with van der Waals surface area (Å²) in [6.45, 7) is 4.23. The first-order valence-electron chi connectivity index (χ1n) is 23.0. The Morgan fingerprint density at radius 1 is 0.453 bits per heavy atom. The maximum Gasteiger partial charge on any atom is 0.220 e. The van der Waals surface area contributed by atoms with Gasteiger partial charge in [0.05, 0.1) is 18.8 Å². The second kappa shape index (κ2) is 44.5. The Labute approximate surface area is 330 Å². The van der Waals surface area contributed by atoms with Gasteiger partial charge in [-0.25, -0.2) is 0 Å².